The van der Waals surface area contributed by atoms with Gasteiger partial charge in [-0.1, -0.05) is 0 Å². The zero-order valence-corrected chi connectivity index (χ0v) is 14.4. The number of hydrogen-bond acceptors (Lipinski definition) is 7. The number of benzene rings is 1. The van der Waals surface area contributed by atoms with Crippen molar-refractivity contribution >= 4 is 27.3 Å². The predicted molar refractivity (Wildman–Crippen MR) is 94.1 cm³/mol. The Balaban J connectivity index is 1.68. The molecule has 0 unspecified atom stereocenters. The van der Waals surface area contributed by atoms with Crippen LogP contribution in [0.2, 0.25) is 0 Å². The summed E-state index contributed by atoms with van der Waals surface area (Å²) in [6.07, 6.45) is 6.87. The van der Waals surface area contributed by atoms with Gasteiger partial charge >= 0.3 is 0 Å². The fourth-order valence-corrected chi connectivity index (χ4v) is 2.99. The van der Waals surface area contributed by atoms with E-state index in [2.05, 4.69) is 25.5 Å². The number of rotatable bonds is 4. The van der Waals surface area contributed by atoms with E-state index >= 15 is 0 Å². The summed E-state index contributed by atoms with van der Waals surface area (Å²) in [6.45, 7) is 0. The van der Waals surface area contributed by atoms with E-state index in [1.807, 2.05) is 13.2 Å². The van der Waals surface area contributed by atoms with Crippen LogP contribution >= 0.6 is 0 Å². The molecule has 11 heteroatoms. The Hall–Kier alpha value is -3.31. The van der Waals surface area contributed by atoms with Gasteiger partial charge in [-0.15, -0.1) is 5.10 Å². The highest BCUT2D eigenvalue weighted by molar-refractivity contribution is 7.89. The predicted octanol–water partition coefficient (Wildman–Crippen LogP) is 0.916. The van der Waals surface area contributed by atoms with Crippen molar-refractivity contribution < 1.29 is 8.42 Å². The first kappa shape index (κ1) is 16.2. The van der Waals surface area contributed by atoms with Gasteiger partial charge in [0.15, 0.2) is 5.65 Å². The molecule has 3 aromatic heterocycles. The van der Waals surface area contributed by atoms with Crippen LogP contribution in [-0.4, -0.2) is 37.8 Å². The third kappa shape index (κ3) is 3.00. The number of sulfonamides is 1. The van der Waals surface area contributed by atoms with Crippen molar-refractivity contribution in [3.8, 4) is 11.3 Å². The minimum atomic E-state index is -3.73. The summed E-state index contributed by atoms with van der Waals surface area (Å²) in [5, 5.41) is 16.6. The molecule has 0 radical (unpaired) electrons. The molecule has 0 atom stereocenters. The largest absolute Gasteiger partial charge is 0.323 e. The molecule has 0 fully saturated rings. The topological polar surface area (TPSA) is 133 Å². The average molecular weight is 370 g/mol. The van der Waals surface area contributed by atoms with Gasteiger partial charge in [-0.3, -0.25) is 9.67 Å². The Labute approximate surface area is 148 Å². The lowest BCUT2D eigenvalue weighted by atomic mass is 10.2. The maximum absolute atomic E-state index is 11.3. The molecule has 4 rings (SSSR count). The highest BCUT2D eigenvalue weighted by Gasteiger charge is 2.13. The van der Waals surface area contributed by atoms with Crippen molar-refractivity contribution in [2.75, 3.05) is 5.32 Å². The van der Waals surface area contributed by atoms with E-state index in [0.717, 1.165) is 5.56 Å². The standard InChI is InChI=1S/C15H14N8O2S/c1-22-9-10(8-18-22)13-14-20-15(21-23(14)7-6-17-13)19-11-2-4-12(5-3-11)26(16,24)25/h2-9H,1H3,(H,19,21)(H2,16,24,25). The Morgan fingerprint density at radius 2 is 1.96 bits per heavy atom. The van der Waals surface area contributed by atoms with Gasteiger partial charge in [0.1, 0.15) is 5.69 Å². The summed E-state index contributed by atoms with van der Waals surface area (Å²) in [4.78, 5) is 8.86. The van der Waals surface area contributed by atoms with E-state index in [-0.39, 0.29) is 4.90 Å². The fraction of sp³-hybridized carbons (Fsp3) is 0.0667. The number of aryl methyl sites for hydroxylation is 1. The summed E-state index contributed by atoms with van der Waals surface area (Å²) in [5.41, 5.74) is 2.69. The lowest BCUT2D eigenvalue weighted by Crippen LogP contribution is -2.11. The van der Waals surface area contributed by atoms with Crippen molar-refractivity contribution in [1.82, 2.24) is 29.4 Å². The molecule has 10 nitrogen and oxygen atoms in total. The number of hydrogen-bond donors (Lipinski definition) is 2. The highest BCUT2D eigenvalue weighted by Crippen LogP contribution is 2.22. The Morgan fingerprint density at radius 3 is 2.62 bits per heavy atom. The fourth-order valence-electron chi connectivity index (χ4n) is 2.47. The zero-order valence-electron chi connectivity index (χ0n) is 13.6. The van der Waals surface area contributed by atoms with E-state index in [4.69, 9.17) is 5.14 Å². The third-order valence-electron chi connectivity index (χ3n) is 3.67. The van der Waals surface area contributed by atoms with Crippen LogP contribution in [-0.2, 0) is 17.1 Å². The molecule has 0 saturated carbocycles. The molecule has 0 aliphatic heterocycles. The summed E-state index contributed by atoms with van der Waals surface area (Å²) in [5.74, 6) is 0.353. The van der Waals surface area contributed by atoms with Crippen LogP contribution in [0, 0.1) is 0 Å². The molecule has 0 amide bonds. The Kier molecular flexibility index (Phi) is 3.67. The smallest absolute Gasteiger partial charge is 0.247 e. The maximum atomic E-state index is 11.3. The van der Waals surface area contributed by atoms with Crippen molar-refractivity contribution in [3.63, 3.8) is 0 Å². The van der Waals surface area contributed by atoms with E-state index in [1.165, 1.54) is 12.1 Å². The first-order valence-electron chi connectivity index (χ1n) is 7.50. The van der Waals surface area contributed by atoms with Gasteiger partial charge < -0.3 is 5.32 Å². The Morgan fingerprint density at radius 1 is 1.19 bits per heavy atom. The molecule has 4 aromatic rings. The second kappa shape index (κ2) is 5.89. The summed E-state index contributed by atoms with van der Waals surface area (Å²) < 4.78 is 25.9. The van der Waals surface area contributed by atoms with Crippen LogP contribution < -0.4 is 10.5 Å². The van der Waals surface area contributed by atoms with E-state index in [9.17, 15) is 8.42 Å². The number of aromatic nitrogens is 6. The molecule has 132 valence electrons. The van der Waals surface area contributed by atoms with Crippen LogP contribution in [0.4, 0.5) is 11.6 Å². The summed E-state index contributed by atoms with van der Waals surface area (Å²) >= 11 is 0. The normalized spacial score (nSPS) is 11.8. The van der Waals surface area contributed by atoms with Gasteiger partial charge in [0.05, 0.1) is 11.1 Å². The van der Waals surface area contributed by atoms with Gasteiger partial charge in [-0.25, -0.2) is 18.1 Å². The first-order valence-corrected chi connectivity index (χ1v) is 9.05. The SMILES string of the molecule is Cn1cc(-c2nccn3nc(Nc4ccc(S(N)(=O)=O)cc4)nc23)cn1. The molecule has 3 heterocycles. The lowest BCUT2D eigenvalue weighted by molar-refractivity contribution is 0.598. The summed E-state index contributed by atoms with van der Waals surface area (Å²) in [7, 11) is -1.90. The number of nitrogens with zero attached hydrogens (tertiary/aromatic N) is 6. The Bertz CT molecular complexity index is 1190. The molecule has 0 aliphatic carbocycles. The minimum Gasteiger partial charge on any atom is -0.323 e. The zero-order chi connectivity index (χ0) is 18.3. The monoisotopic (exact) mass is 370 g/mol. The number of primary sulfonamides is 1. The van der Waals surface area contributed by atoms with E-state index < -0.39 is 10.0 Å². The molecule has 3 N–H and O–H groups in total. The number of fused-ring (bicyclic) bond motifs is 1. The molecule has 1 aromatic carbocycles. The van der Waals surface area contributed by atoms with Crippen molar-refractivity contribution in [1.29, 1.82) is 0 Å². The first-order chi connectivity index (χ1) is 12.4. The van der Waals surface area contributed by atoms with Crippen LogP contribution in [0.25, 0.3) is 16.9 Å². The molecular weight excluding hydrogens is 356 g/mol. The third-order valence-corrected chi connectivity index (χ3v) is 4.60. The lowest BCUT2D eigenvalue weighted by Gasteiger charge is -2.02. The van der Waals surface area contributed by atoms with E-state index in [1.54, 1.807) is 39.9 Å². The van der Waals surface area contributed by atoms with Crippen LogP contribution in [0.15, 0.2) is 53.9 Å². The van der Waals surface area contributed by atoms with E-state index in [0.29, 0.717) is 23.0 Å². The molecular formula is C15H14N8O2S. The number of nitrogens with one attached hydrogen (secondary N) is 1. The van der Waals surface area contributed by atoms with Crippen molar-refractivity contribution in [3.05, 3.63) is 49.1 Å². The average Bonchev–Trinajstić information content (AvgIpc) is 3.19. The maximum Gasteiger partial charge on any atom is 0.247 e. The summed E-state index contributed by atoms with van der Waals surface area (Å²) in [6, 6.07) is 6.00. The molecule has 0 aliphatic rings. The van der Waals surface area contributed by atoms with Gasteiger partial charge in [0.25, 0.3) is 0 Å². The van der Waals surface area contributed by atoms with Crippen LogP contribution in [0.3, 0.4) is 0 Å². The van der Waals surface area contributed by atoms with Gasteiger partial charge in [-0.2, -0.15) is 10.1 Å². The molecule has 0 bridgehead atoms. The van der Waals surface area contributed by atoms with Crippen molar-refractivity contribution in [2.45, 2.75) is 4.90 Å². The van der Waals surface area contributed by atoms with Gasteiger partial charge in [0, 0.05) is 36.9 Å². The minimum absolute atomic E-state index is 0.0362. The number of anilines is 2. The molecule has 26 heavy (non-hydrogen) atoms. The van der Waals surface area contributed by atoms with Gasteiger partial charge in [-0.05, 0) is 24.3 Å². The quantitative estimate of drug-likeness (QED) is 0.545. The van der Waals surface area contributed by atoms with Crippen LogP contribution in [0.5, 0.6) is 0 Å². The van der Waals surface area contributed by atoms with Gasteiger partial charge in [0.2, 0.25) is 16.0 Å². The van der Waals surface area contributed by atoms with Crippen LogP contribution in [0.1, 0.15) is 0 Å². The molecule has 0 saturated heterocycles. The second-order valence-corrected chi connectivity index (χ2v) is 7.14. The molecule has 0 spiro atoms. The highest BCUT2D eigenvalue weighted by atomic mass is 32.2. The number of nitrogens with two attached hydrogens (primary N) is 1. The second-order valence-electron chi connectivity index (χ2n) is 5.58. The van der Waals surface area contributed by atoms with Crippen molar-refractivity contribution in [2.24, 2.45) is 12.2 Å².